The summed E-state index contributed by atoms with van der Waals surface area (Å²) in [6.45, 7) is 0. The van der Waals surface area contributed by atoms with Gasteiger partial charge in [0.25, 0.3) is 0 Å². The molecule has 0 fully saturated rings. The number of hydrogen-bond donors (Lipinski definition) is 0. The first-order chi connectivity index (χ1) is 49.4. The van der Waals surface area contributed by atoms with Crippen LogP contribution >= 0.6 is 37.0 Å². The van der Waals surface area contributed by atoms with Crippen molar-refractivity contribution in [1.82, 2.24) is 0 Å². The van der Waals surface area contributed by atoms with Crippen molar-refractivity contribution in [3.05, 3.63) is 413 Å². The topological polar surface area (TPSA) is 0 Å². The third-order valence-corrected chi connectivity index (χ3v) is 19.7. The van der Waals surface area contributed by atoms with Crippen LogP contribution in [0, 0.1) is 0 Å². The molecule has 16 aromatic rings. The van der Waals surface area contributed by atoms with Gasteiger partial charge in [-0.1, -0.05) is 413 Å². The molecule has 4 atom stereocenters. The van der Waals surface area contributed by atoms with Crippen LogP contribution in [0.2, 0.25) is 0 Å². The summed E-state index contributed by atoms with van der Waals surface area (Å²) >= 11 is 0. The number of hydrogen-bond acceptors (Lipinski definition) is 0. The minimum absolute atomic E-state index is 0. The van der Waals surface area contributed by atoms with Crippen molar-refractivity contribution in [3.8, 4) is 134 Å². The average Bonchev–Trinajstić information content (AvgIpc) is 0.797. The standard InChI is InChI=1S/4C24H19P.Pd/c4*25-22-17-16-21(18-10-4-1-5-11-18)23(19-12-6-2-7-13-19)24(22)20-14-8-3-9-15-20;/h4*1-17H,25H2;. The van der Waals surface area contributed by atoms with Gasteiger partial charge in [0.1, 0.15) is 0 Å². The molecule has 4 unspecified atom stereocenters. The van der Waals surface area contributed by atoms with Crippen molar-refractivity contribution in [2.75, 3.05) is 0 Å². The second-order valence-corrected chi connectivity index (χ2v) is 26.7. The molecule has 16 aromatic carbocycles. The Hall–Kier alpha value is -10.1. The summed E-state index contributed by atoms with van der Waals surface area (Å²) in [5.74, 6) is 0. The number of rotatable bonds is 12. The molecule has 0 amide bonds. The van der Waals surface area contributed by atoms with Crippen molar-refractivity contribution < 1.29 is 20.4 Å². The fourth-order valence-electron chi connectivity index (χ4n) is 13.2. The van der Waals surface area contributed by atoms with Gasteiger partial charge in [-0.05, 0) is 155 Å². The fourth-order valence-corrected chi connectivity index (χ4v) is 14.8. The monoisotopic (exact) mass is 1460 g/mol. The molecule has 0 saturated heterocycles. The third-order valence-electron chi connectivity index (χ3n) is 17.8. The minimum Gasteiger partial charge on any atom is -0.105 e. The Balaban J connectivity index is 0.000000127. The Morgan fingerprint density at radius 2 is 0.218 bits per heavy atom. The van der Waals surface area contributed by atoms with E-state index in [2.05, 4.69) is 449 Å². The van der Waals surface area contributed by atoms with Crippen molar-refractivity contribution in [3.63, 3.8) is 0 Å². The molecule has 0 heterocycles. The predicted molar refractivity (Wildman–Crippen MR) is 448 cm³/mol. The summed E-state index contributed by atoms with van der Waals surface area (Å²) in [5.41, 5.74) is 30.2. The second-order valence-electron chi connectivity index (χ2n) is 24.2. The Bertz CT molecular complexity index is 4580. The van der Waals surface area contributed by atoms with E-state index in [9.17, 15) is 0 Å². The zero-order valence-corrected chi connectivity index (χ0v) is 62.1. The van der Waals surface area contributed by atoms with Crippen molar-refractivity contribution in [2.24, 2.45) is 0 Å². The summed E-state index contributed by atoms with van der Waals surface area (Å²) in [5, 5.41) is 4.85. The van der Waals surface area contributed by atoms with E-state index in [4.69, 9.17) is 0 Å². The smallest absolute Gasteiger partial charge is 0 e. The molecule has 0 aliphatic heterocycles. The molecule has 0 N–H and O–H groups in total. The average molecular weight is 1460 g/mol. The maximum Gasteiger partial charge on any atom is 0 e. The molecule has 0 spiro atoms. The molecule has 0 saturated carbocycles. The van der Waals surface area contributed by atoms with E-state index in [1.165, 1.54) is 155 Å². The summed E-state index contributed by atoms with van der Waals surface area (Å²) in [6.07, 6.45) is 0. The first-order valence-corrected chi connectivity index (χ1v) is 36.0. The summed E-state index contributed by atoms with van der Waals surface area (Å²) in [4.78, 5) is 0. The predicted octanol–water partition coefficient (Wildman–Crippen LogP) is 24.7. The molecule has 101 heavy (non-hydrogen) atoms. The maximum absolute atomic E-state index is 2.90. The Morgan fingerprint density at radius 3 is 0.347 bits per heavy atom. The van der Waals surface area contributed by atoms with E-state index in [-0.39, 0.29) is 20.4 Å². The van der Waals surface area contributed by atoms with E-state index in [0.29, 0.717) is 0 Å². The maximum atomic E-state index is 2.90. The second kappa shape index (κ2) is 35.3. The summed E-state index contributed by atoms with van der Waals surface area (Å²) in [6, 6.07) is 145. The molecule has 0 aromatic heterocycles. The Kier molecular flexibility index (Phi) is 24.7. The summed E-state index contributed by atoms with van der Waals surface area (Å²) < 4.78 is 0. The van der Waals surface area contributed by atoms with E-state index in [1.54, 1.807) is 0 Å². The van der Waals surface area contributed by atoms with Crippen molar-refractivity contribution in [1.29, 1.82) is 0 Å². The van der Waals surface area contributed by atoms with Gasteiger partial charge in [0.05, 0.1) is 0 Å². The molecule has 490 valence electrons. The normalized spacial score (nSPS) is 10.5. The van der Waals surface area contributed by atoms with Gasteiger partial charge >= 0.3 is 0 Å². The van der Waals surface area contributed by atoms with Crippen LogP contribution in [0.15, 0.2) is 413 Å². The van der Waals surface area contributed by atoms with Crippen molar-refractivity contribution >= 4 is 58.2 Å². The fraction of sp³-hybridized carbons (Fsp3) is 0. The molecule has 0 aliphatic rings. The number of benzene rings is 16. The molecule has 5 heteroatoms. The van der Waals surface area contributed by atoms with E-state index in [1.807, 2.05) is 0 Å². The van der Waals surface area contributed by atoms with Crippen molar-refractivity contribution in [2.45, 2.75) is 0 Å². The minimum atomic E-state index is 0. The van der Waals surface area contributed by atoms with Gasteiger partial charge in [-0.15, -0.1) is 37.0 Å². The molecule has 0 aliphatic carbocycles. The van der Waals surface area contributed by atoms with Crippen LogP contribution < -0.4 is 21.2 Å². The first kappa shape index (κ1) is 70.8. The van der Waals surface area contributed by atoms with Gasteiger partial charge in [-0.2, -0.15) is 0 Å². The quantitative estimate of drug-likeness (QED) is 0.0845. The van der Waals surface area contributed by atoms with Gasteiger partial charge < -0.3 is 0 Å². The molecule has 0 nitrogen and oxygen atoms in total. The SMILES string of the molecule is Pc1ccc(-c2ccccc2)c(-c2ccccc2)c1-c1ccccc1.Pc1ccc(-c2ccccc2)c(-c2ccccc2)c1-c1ccccc1.Pc1ccc(-c2ccccc2)c(-c2ccccc2)c1-c1ccccc1.Pc1ccc(-c2ccccc2)c(-c2ccccc2)c1-c1ccccc1.[Pd]. The third kappa shape index (κ3) is 17.0. The van der Waals surface area contributed by atoms with Gasteiger partial charge in [0, 0.05) is 20.4 Å². The zero-order chi connectivity index (χ0) is 68.2. The van der Waals surface area contributed by atoms with Crippen LogP contribution in [0.5, 0.6) is 0 Å². The van der Waals surface area contributed by atoms with Crippen LogP contribution in [0.25, 0.3) is 134 Å². The molecule has 16 rings (SSSR count). The van der Waals surface area contributed by atoms with Crippen LogP contribution in [-0.4, -0.2) is 0 Å². The van der Waals surface area contributed by atoms with Gasteiger partial charge in [-0.25, -0.2) is 0 Å². The largest absolute Gasteiger partial charge is 0.105 e. The van der Waals surface area contributed by atoms with E-state index in [0.717, 1.165) is 0 Å². The summed E-state index contributed by atoms with van der Waals surface area (Å²) in [7, 11) is 11.6. The Labute approximate surface area is 619 Å². The zero-order valence-electron chi connectivity index (χ0n) is 55.9. The van der Waals surface area contributed by atoms with Gasteiger partial charge in [-0.3, -0.25) is 0 Å². The van der Waals surface area contributed by atoms with Gasteiger partial charge in [0.2, 0.25) is 0 Å². The molecular weight excluding hydrogens is 1380 g/mol. The van der Waals surface area contributed by atoms with E-state index < -0.39 is 0 Å². The van der Waals surface area contributed by atoms with Crippen LogP contribution in [0.4, 0.5) is 0 Å². The Morgan fingerprint density at radius 1 is 0.109 bits per heavy atom. The van der Waals surface area contributed by atoms with Gasteiger partial charge in [0.15, 0.2) is 0 Å². The molecule has 0 bridgehead atoms. The van der Waals surface area contributed by atoms with Crippen LogP contribution in [0.3, 0.4) is 0 Å². The van der Waals surface area contributed by atoms with Crippen LogP contribution in [-0.2, 0) is 20.4 Å². The molecule has 0 radical (unpaired) electrons. The first-order valence-electron chi connectivity index (χ1n) is 33.7. The van der Waals surface area contributed by atoms with E-state index >= 15 is 0 Å². The van der Waals surface area contributed by atoms with Crippen LogP contribution in [0.1, 0.15) is 0 Å². The molecular formula is C96H76P4Pd.